The Morgan fingerprint density at radius 1 is 0.739 bits per heavy atom. The first-order chi connectivity index (χ1) is 11.2. The van der Waals surface area contributed by atoms with Crippen LogP contribution in [-0.4, -0.2) is 0 Å². The fraction of sp³-hybridized carbons (Fsp3) is 0.200. The minimum absolute atomic E-state index is 0.818. The first kappa shape index (κ1) is 17.0. The molecule has 0 saturated carbocycles. The number of allylic oxidation sites excluding steroid dienone is 4. The minimum atomic E-state index is -1.71. The SMILES string of the molecule is Clc1ccc[c]([Pt]([C]2=CCCC=CCC2)[c]2cccc(Cl)c2)c1. The fourth-order valence-corrected chi connectivity index (χ4v) is 9.89. The van der Waals surface area contributed by atoms with E-state index < -0.39 is 17.3 Å². The van der Waals surface area contributed by atoms with Crippen molar-refractivity contribution in [2.75, 3.05) is 0 Å². The predicted molar refractivity (Wildman–Crippen MR) is 97.9 cm³/mol. The summed E-state index contributed by atoms with van der Waals surface area (Å²) in [6.07, 6.45) is 11.6. The summed E-state index contributed by atoms with van der Waals surface area (Å²) in [4.78, 5) is 0. The zero-order valence-corrected chi connectivity index (χ0v) is 16.5. The maximum absolute atomic E-state index is 6.27. The molecule has 2 aromatic carbocycles. The molecule has 2 aromatic rings. The van der Waals surface area contributed by atoms with E-state index in [1.165, 1.54) is 7.91 Å². The van der Waals surface area contributed by atoms with Crippen molar-refractivity contribution in [2.45, 2.75) is 25.7 Å². The van der Waals surface area contributed by atoms with E-state index in [4.69, 9.17) is 23.2 Å². The van der Waals surface area contributed by atoms with Crippen LogP contribution < -0.4 is 7.91 Å². The number of benzene rings is 2. The molecule has 0 amide bonds. The van der Waals surface area contributed by atoms with Gasteiger partial charge in [0, 0.05) is 0 Å². The molecule has 0 heterocycles. The Hall–Kier alpha value is -0.812. The Morgan fingerprint density at radius 3 is 1.96 bits per heavy atom. The molecule has 0 nitrogen and oxygen atoms in total. The van der Waals surface area contributed by atoms with Crippen LogP contribution in [-0.2, 0) is 17.3 Å². The summed E-state index contributed by atoms with van der Waals surface area (Å²) in [6, 6.07) is 16.8. The summed E-state index contributed by atoms with van der Waals surface area (Å²) in [5.41, 5.74) is 0. The van der Waals surface area contributed by atoms with Crippen molar-refractivity contribution in [1.82, 2.24) is 0 Å². The van der Waals surface area contributed by atoms with Crippen molar-refractivity contribution in [1.29, 1.82) is 0 Å². The number of hydrogen-bond donors (Lipinski definition) is 0. The zero-order valence-electron chi connectivity index (χ0n) is 12.8. The van der Waals surface area contributed by atoms with Gasteiger partial charge in [-0.2, -0.15) is 0 Å². The predicted octanol–water partition coefficient (Wildman–Crippen LogP) is 5.58. The van der Waals surface area contributed by atoms with Crippen LogP contribution in [0.25, 0.3) is 0 Å². The summed E-state index contributed by atoms with van der Waals surface area (Å²) in [5.74, 6) is 0. The summed E-state index contributed by atoms with van der Waals surface area (Å²) >= 11 is 10.8. The summed E-state index contributed by atoms with van der Waals surface area (Å²) in [5, 5.41) is 1.64. The van der Waals surface area contributed by atoms with Crippen molar-refractivity contribution < 1.29 is 17.3 Å². The molecule has 0 atom stereocenters. The zero-order chi connectivity index (χ0) is 16.1. The molecular formula is C20H19Cl2Pt. The molecule has 0 unspecified atom stereocenters. The first-order valence-electron chi connectivity index (χ1n) is 7.70. The van der Waals surface area contributed by atoms with Gasteiger partial charge in [-0.25, -0.2) is 0 Å². The van der Waals surface area contributed by atoms with Gasteiger partial charge in [0.2, 0.25) is 0 Å². The van der Waals surface area contributed by atoms with Crippen molar-refractivity contribution >= 4 is 31.1 Å². The van der Waals surface area contributed by atoms with Gasteiger partial charge in [0.05, 0.1) is 0 Å². The molecular weight excluding hydrogens is 506 g/mol. The molecule has 0 aliphatic heterocycles. The Kier molecular flexibility index (Phi) is 6.17. The van der Waals surface area contributed by atoms with Crippen LogP contribution in [0.1, 0.15) is 25.7 Å². The summed E-state index contributed by atoms with van der Waals surface area (Å²) in [6.45, 7) is 0. The van der Waals surface area contributed by atoms with E-state index in [1.807, 2.05) is 12.1 Å². The van der Waals surface area contributed by atoms with Gasteiger partial charge in [0.25, 0.3) is 0 Å². The molecule has 3 heteroatoms. The quantitative estimate of drug-likeness (QED) is 0.460. The van der Waals surface area contributed by atoms with Crippen LogP contribution in [0.2, 0.25) is 10.0 Å². The second-order valence-electron chi connectivity index (χ2n) is 5.24. The number of hydrogen-bond acceptors (Lipinski definition) is 0. The van der Waals surface area contributed by atoms with Crippen LogP contribution in [0.5, 0.6) is 0 Å². The average Bonchev–Trinajstić information content (AvgIpc) is 2.50. The molecule has 0 aromatic heterocycles. The Bertz CT molecular complexity index is 688. The van der Waals surface area contributed by atoms with Crippen LogP contribution >= 0.6 is 23.2 Å². The monoisotopic (exact) mass is 524 g/mol. The van der Waals surface area contributed by atoms with E-state index in [1.54, 1.807) is 3.96 Å². The van der Waals surface area contributed by atoms with Gasteiger partial charge in [-0.3, -0.25) is 0 Å². The Morgan fingerprint density at radius 2 is 1.35 bits per heavy atom. The van der Waals surface area contributed by atoms with E-state index in [0.29, 0.717) is 0 Å². The topological polar surface area (TPSA) is 0 Å². The van der Waals surface area contributed by atoms with Gasteiger partial charge in [-0.05, 0) is 0 Å². The van der Waals surface area contributed by atoms with Crippen LogP contribution in [0.4, 0.5) is 0 Å². The summed E-state index contributed by atoms with van der Waals surface area (Å²) < 4.78 is 4.39. The third kappa shape index (κ3) is 4.60. The van der Waals surface area contributed by atoms with Gasteiger partial charge >= 0.3 is 155 Å². The molecule has 0 radical (unpaired) electrons. The van der Waals surface area contributed by atoms with E-state index in [9.17, 15) is 0 Å². The third-order valence-corrected chi connectivity index (χ3v) is 10.5. The average molecular weight is 525 g/mol. The van der Waals surface area contributed by atoms with Crippen molar-refractivity contribution in [3.8, 4) is 0 Å². The molecule has 1 aliphatic rings. The molecule has 0 N–H and O–H groups in total. The van der Waals surface area contributed by atoms with Gasteiger partial charge in [-0.1, -0.05) is 0 Å². The Balaban J connectivity index is 2.06. The van der Waals surface area contributed by atoms with E-state index in [-0.39, 0.29) is 0 Å². The molecule has 23 heavy (non-hydrogen) atoms. The number of halogens is 2. The van der Waals surface area contributed by atoms with E-state index in [2.05, 4.69) is 54.6 Å². The number of rotatable bonds is 3. The maximum atomic E-state index is 6.27. The van der Waals surface area contributed by atoms with Crippen LogP contribution in [0, 0.1) is 0 Å². The molecule has 0 spiro atoms. The second-order valence-corrected chi connectivity index (χ2v) is 11.9. The van der Waals surface area contributed by atoms with Crippen LogP contribution in [0.15, 0.2) is 70.7 Å². The molecule has 0 bridgehead atoms. The third-order valence-electron chi connectivity index (χ3n) is 3.49. The van der Waals surface area contributed by atoms with Crippen molar-refractivity contribution in [2.24, 2.45) is 0 Å². The van der Waals surface area contributed by atoms with Gasteiger partial charge in [0.1, 0.15) is 0 Å². The van der Waals surface area contributed by atoms with E-state index >= 15 is 0 Å². The molecule has 1 aliphatic carbocycles. The summed E-state index contributed by atoms with van der Waals surface area (Å²) in [7, 11) is 0. The van der Waals surface area contributed by atoms with Crippen LogP contribution in [0.3, 0.4) is 0 Å². The molecule has 123 valence electrons. The Labute approximate surface area is 154 Å². The van der Waals surface area contributed by atoms with Crippen molar-refractivity contribution in [3.05, 3.63) is 80.8 Å². The van der Waals surface area contributed by atoms with Gasteiger partial charge < -0.3 is 0 Å². The normalized spacial score (nSPS) is 15.6. The van der Waals surface area contributed by atoms with Gasteiger partial charge in [0.15, 0.2) is 0 Å². The fourth-order valence-electron chi connectivity index (χ4n) is 2.45. The standard InChI is InChI=1S/C8H11.2C6H4Cl.Pt/c1-2-4-6-8-7-5-3-1;2*7-6-4-2-1-3-5-6;/h1-2,7H,3-6H2;2*1-2,4-5H;. The van der Waals surface area contributed by atoms with Gasteiger partial charge in [-0.15, -0.1) is 0 Å². The van der Waals surface area contributed by atoms with Crippen molar-refractivity contribution in [3.63, 3.8) is 0 Å². The second kappa shape index (κ2) is 8.33. The molecule has 0 saturated heterocycles. The first-order valence-corrected chi connectivity index (χ1v) is 11.9. The van der Waals surface area contributed by atoms with E-state index in [0.717, 1.165) is 35.7 Å². The molecule has 0 fully saturated rings. The molecule has 3 rings (SSSR count).